The summed E-state index contributed by atoms with van der Waals surface area (Å²) in [6.07, 6.45) is 3.88. The molecule has 6 nitrogen and oxygen atoms in total. The number of amides is 1. The van der Waals surface area contributed by atoms with E-state index in [1.807, 2.05) is 31.1 Å². The molecule has 1 saturated heterocycles. The number of nitrogens with zero attached hydrogens (tertiary/aromatic N) is 5. The Kier molecular flexibility index (Phi) is 5.61. The number of imidazole rings is 1. The number of rotatable bonds is 6. The molecule has 0 N–H and O–H groups in total. The maximum absolute atomic E-state index is 12.1. The van der Waals surface area contributed by atoms with Gasteiger partial charge in [-0.15, -0.1) is 0 Å². The second-order valence-corrected chi connectivity index (χ2v) is 5.34. The summed E-state index contributed by atoms with van der Waals surface area (Å²) in [6, 6.07) is 0. The summed E-state index contributed by atoms with van der Waals surface area (Å²) in [4.78, 5) is 23.0. The average Bonchev–Trinajstić information content (AvgIpc) is 2.98. The highest BCUT2D eigenvalue weighted by Gasteiger charge is 2.22. The number of hydrogen-bond acceptors (Lipinski definition) is 4. The highest BCUT2D eigenvalue weighted by Crippen LogP contribution is 2.14. The lowest BCUT2D eigenvalue weighted by Crippen LogP contribution is -2.50. The SMILES string of the molecule is CCN(CC)C(=O)CN1CCN(c2nccn2CC)CC1. The van der Waals surface area contributed by atoms with Gasteiger partial charge in [0.25, 0.3) is 0 Å². The van der Waals surface area contributed by atoms with E-state index < -0.39 is 0 Å². The molecule has 1 aromatic heterocycles. The molecular formula is C15H27N5O. The standard InChI is InChI=1S/C15H27N5O/c1-4-18(5-2)14(21)13-17-9-11-20(12-10-17)15-16-7-8-19(15)6-3/h7-8H,4-6,9-13H2,1-3H3. The van der Waals surface area contributed by atoms with E-state index in [2.05, 4.69) is 26.3 Å². The van der Waals surface area contributed by atoms with Crippen LogP contribution in [0.5, 0.6) is 0 Å². The molecule has 1 aliphatic rings. The van der Waals surface area contributed by atoms with Gasteiger partial charge in [0.2, 0.25) is 11.9 Å². The molecule has 0 unspecified atom stereocenters. The molecule has 1 aromatic rings. The molecule has 0 aromatic carbocycles. The van der Waals surface area contributed by atoms with E-state index in [0.29, 0.717) is 6.54 Å². The van der Waals surface area contributed by atoms with Crippen LogP contribution in [-0.4, -0.2) is 71.1 Å². The van der Waals surface area contributed by atoms with Crippen LogP contribution in [0.2, 0.25) is 0 Å². The van der Waals surface area contributed by atoms with Gasteiger partial charge in [-0.2, -0.15) is 0 Å². The lowest BCUT2D eigenvalue weighted by atomic mass is 10.3. The first-order valence-electron chi connectivity index (χ1n) is 7.95. The molecule has 118 valence electrons. The van der Waals surface area contributed by atoms with Crippen LogP contribution in [0.3, 0.4) is 0 Å². The van der Waals surface area contributed by atoms with Crippen molar-refractivity contribution in [3.8, 4) is 0 Å². The minimum atomic E-state index is 0.239. The molecule has 0 aliphatic carbocycles. The van der Waals surface area contributed by atoms with Crippen molar-refractivity contribution in [1.82, 2.24) is 19.4 Å². The predicted octanol–water partition coefficient (Wildman–Crippen LogP) is 0.893. The first-order chi connectivity index (χ1) is 10.2. The third-order valence-corrected chi connectivity index (χ3v) is 4.16. The molecular weight excluding hydrogens is 266 g/mol. The Morgan fingerprint density at radius 2 is 1.86 bits per heavy atom. The van der Waals surface area contributed by atoms with Crippen LogP contribution in [0.25, 0.3) is 0 Å². The number of carbonyl (C=O) groups is 1. The summed E-state index contributed by atoms with van der Waals surface area (Å²) in [7, 11) is 0. The number of likely N-dealkylation sites (N-methyl/N-ethyl adjacent to an activating group) is 1. The molecule has 2 heterocycles. The smallest absolute Gasteiger partial charge is 0.236 e. The van der Waals surface area contributed by atoms with Gasteiger partial charge in [-0.3, -0.25) is 9.69 Å². The van der Waals surface area contributed by atoms with Crippen LogP contribution in [0.4, 0.5) is 5.95 Å². The monoisotopic (exact) mass is 293 g/mol. The Morgan fingerprint density at radius 3 is 2.43 bits per heavy atom. The summed E-state index contributed by atoms with van der Waals surface area (Å²) in [5.74, 6) is 1.29. The lowest BCUT2D eigenvalue weighted by molar-refractivity contribution is -0.132. The second-order valence-electron chi connectivity index (χ2n) is 5.34. The van der Waals surface area contributed by atoms with E-state index in [4.69, 9.17) is 0 Å². The first kappa shape index (κ1) is 15.8. The van der Waals surface area contributed by atoms with Crippen molar-refractivity contribution >= 4 is 11.9 Å². The molecule has 21 heavy (non-hydrogen) atoms. The van der Waals surface area contributed by atoms with Gasteiger partial charge in [0.15, 0.2) is 0 Å². The van der Waals surface area contributed by atoms with Crippen molar-refractivity contribution < 1.29 is 4.79 Å². The fraction of sp³-hybridized carbons (Fsp3) is 0.733. The van der Waals surface area contributed by atoms with Crippen LogP contribution < -0.4 is 4.90 Å². The molecule has 1 fully saturated rings. The number of carbonyl (C=O) groups excluding carboxylic acids is 1. The van der Waals surface area contributed by atoms with Gasteiger partial charge in [0.05, 0.1) is 6.54 Å². The van der Waals surface area contributed by atoms with Crippen LogP contribution in [0.1, 0.15) is 20.8 Å². The maximum atomic E-state index is 12.1. The topological polar surface area (TPSA) is 44.6 Å². The van der Waals surface area contributed by atoms with Crippen molar-refractivity contribution in [2.45, 2.75) is 27.3 Å². The summed E-state index contributed by atoms with van der Waals surface area (Å²) >= 11 is 0. The van der Waals surface area contributed by atoms with Crippen molar-refractivity contribution in [3.05, 3.63) is 12.4 Å². The van der Waals surface area contributed by atoms with Gasteiger partial charge in [-0.1, -0.05) is 0 Å². The minimum Gasteiger partial charge on any atom is -0.342 e. The highest BCUT2D eigenvalue weighted by atomic mass is 16.2. The molecule has 2 rings (SSSR count). The minimum absolute atomic E-state index is 0.239. The van der Waals surface area contributed by atoms with E-state index in [9.17, 15) is 4.79 Å². The van der Waals surface area contributed by atoms with Crippen LogP contribution in [-0.2, 0) is 11.3 Å². The molecule has 0 atom stereocenters. The fourth-order valence-corrected chi connectivity index (χ4v) is 2.81. The zero-order valence-electron chi connectivity index (χ0n) is 13.5. The number of anilines is 1. The molecule has 1 amide bonds. The molecule has 0 spiro atoms. The molecule has 0 radical (unpaired) electrons. The Hall–Kier alpha value is -1.56. The zero-order chi connectivity index (χ0) is 15.2. The van der Waals surface area contributed by atoms with Gasteiger partial charge in [0, 0.05) is 58.2 Å². The van der Waals surface area contributed by atoms with Crippen LogP contribution in [0.15, 0.2) is 12.4 Å². The van der Waals surface area contributed by atoms with Crippen LogP contribution in [0, 0.1) is 0 Å². The van der Waals surface area contributed by atoms with E-state index in [1.54, 1.807) is 0 Å². The highest BCUT2D eigenvalue weighted by molar-refractivity contribution is 5.78. The molecule has 0 bridgehead atoms. The normalized spacial score (nSPS) is 16.2. The van der Waals surface area contributed by atoms with E-state index in [1.165, 1.54) is 0 Å². The van der Waals surface area contributed by atoms with Gasteiger partial charge >= 0.3 is 0 Å². The third kappa shape index (κ3) is 3.75. The van der Waals surface area contributed by atoms with Crippen molar-refractivity contribution in [2.24, 2.45) is 0 Å². The Morgan fingerprint density at radius 1 is 1.19 bits per heavy atom. The number of hydrogen-bond donors (Lipinski definition) is 0. The maximum Gasteiger partial charge on any atom is 0.236 e. The lowest BCUT2D eigenvalue weighted by Gasteiger charge is -2.35. The van der Waals surface area contributed by atoms with Gasteiger partial charge in [0.1, 0.15) is 0 Å². The Bertz CT molecular complexity index is 447. The third-order valence-electron chi connectivity index (χ3n) is 4.16. The second kappa shape index (κ2) is 7.45. The molecule has 6 heteroatoms. The summed E-state index contributed by atoms with van der Waals surface area (Å²) < 4.78 is 2.16. The van der Waals surface area contributed by atoms with Gasteiger partial charge in [-0.25, -0.2) is 4.98 Å². The summed E-state index contributed by atoms with van der Waals surface area (Å²) in [5.41, 5.74) is 0. The number of aromatic nitrogens is 2. The zero-order valence-corrected chi connectivity index (χ0v) is 13.5. The van der Waals surface area contributed by atoms with Crippen molar-refractivity contribution in [1.29, 1.82) is 0 Å². The Balaban J connectivity index is 1.85. The average molecular weight is 293 g/mol. The van der Waals surface area contributed by atoms with Gasteiger partial charge in [-0.05, 0) is 20.8 Å². The van der Waals surface area contributed by atoms with E-state index in [0.717, 1.165) is 51.8 Å². The fourth-order valence-electron chi connectivity index (χ4n) is 2.81. The molecule has 1 aliphatic heterocycles. The predicted molar refractivity (Wildman–Crippen MR) is 84.5 cm³/mol. The van der Waals surface area contributed by atoms with E-state index >= 15 is 0 Å². The van der Waals surface area contributed by atoms with E-state index in [-0.39, 0.29) is 5.91 Å². The first-order valence-corrected chi connectivity index (χ1v) is 7.95. The summed E-state index contributed by atoms with van der Waals surface area (Å²) in [5, 5.41) is 0. The Labute approximate surface area is 127 Å². The van der Waals surface area contributed by atoms with Crippen molar-refractivity contribution in [3.63, 3.8) is 0 Å². The van der Waals surface area contributed by atoms with Crippen LogP contribution >= 0.6 is 0 Å². The number of piperazine rings is 1. The molecule has 0 saturated carbocycles. The quantitative estimate of drug-likeness (QED) is 0.781. The summed E-state index contributed by atoms with van der Waals surface area (Å²) in [6.45, 7) is 13.0. The van der Waals surface area contributed by atoms with Crippen molar-refractivity contribution in [2.75, 3.05) is 50.7 Å². The van der Waals surface area contributed by atoms with Gasteiger partial charge < -0.3 is 14.4 Å². The largest absolute Gasteiger partial charge is 0.342 e. The number of aryl methyl sites for hydroxylation is 1.